The van der Waals surface area contributed by atoms with Crippen LogP contribution in [0, 0.1) is 16.0 Å². The summed E-state index contributed by atoms with van der Waals surface area (Å²) in [6, 6.07) is 17.6. The molecule has 4 aromatic rings. The van der Waals surface area contributed by atoms with E-state index in [4.69, 9.17) is 19.9 Å². The van der Waals surface area contributed by atoms with Crippen molar-refractivity contribution in [2.75, 3.05) is 7.11 Å². The van der Waals surface area contributed by atoms with Gasteiger partial charge >= 0.3 is 11.7 Å². The number of hydrogen-bond donors (Lipinski definition) is 6. The minimum atomic E-state index is -1.81. The van der Waals surface area contributed by atoms with Gasteiger partial charge in [0.05, 0.1) is 24.1 Å². The van der Waals surface area contributed by atoms with Crippen molar-refractivity contribution in [1.29, 1.82) is 0 Å². The molecule has 71 heavy (non-hydrogen) atoms. The Bertz CT molecular complexity index is 2390. The first-order valence-electron chi connectivity index (χ1n) is 24.2. The molecule has 2 aliphatic heterocycles. The zero-order chi connectivity index (χ0) is 50.6. The van der Waals surface area contributed by atoms with Gasteiger partial charge < -0.3 is 46.3 Å². The van der Waals surface area contributed by atoms with E-state index in [2.05, 4.69) is 28.2 Å². The number of halogens is 1. The Kier molecular flexibility index (Phi) is 23.1. The highest BCUT2D eigenvalue weighted by molar-refractivity contribution is 5.94. The third kappa shape index (κ3) is 17.6. The van der Waals surface area contributed by atoms with Crippen molar-refractivity contribution < 1.29 is 48.2 Å². The lowest BCUT2D eigenvalue weighted by molar-refractivity contribution is -0.385. The smallest absolute Gasteiger partial charge is 0.328 e. The van der Waals surface area contributed by atoms with Crippen LogP contribution in [-0.2, 0) is 43.4 Å². The van der Waals surface area contributed by atoms with Crippen LogP contribution in [-0.4, -0.2) is 70.9 Å². The Morgan fingerprint density at radius 3 is 2.10 bits per heavy atom. The number of nitrogens with two attached hydrogens (primary N) is 1. The predicted octanol–water partition coefficient (Wildman–Crippen LogP) is 8.19. The lowest BCUT2D eigenvalue weighted by atomic mass is 9.96. The Hall–Kier alpha value is -6.72. The topological polar surface area (TPSA) is 251 Å². The van der Waals surface area contributed by atoms with Crippen molar-refractivity contribution in [3.63, 3.8) is 0 Å². The van der Waals surface area contributed by atoms with Gasteiger partial charge in [0.2, 0.25) is 35.1 Å². The minimum absolute atomic E-state index is 0. The number of aliphatic carboxylic acids is 1. The number of nitrogens with zero attached hydrogens (tertiary/aromatic N) is 1. The molecule has 0 fully saturated rings. The van der Waals surface area contributed by atoms with Crippen molar-refractivity contribution in [3.05, 3.63) is 123 Å². The second kappa shape index (κ2) is 28.8. The van der Waals surface area contributed by atoms with Crippen molar-refractivity contribution in [3.8, 4) is 23.0 Å². The molecule has 2 aliphatic rings. The van der Waals surface area contributed by atoms with E-state index in [0.29, 0.717) is 18.4 Å². The van der Waals surface area contributed by atoms with E-state index in [1.54, 1.807) is 30.3 Å². The summed E-state index contributed by atoms with van der Waals surface area (Å²) in [6.07, 6.45) is 8.98. The molecule has 0 unspecified atom stereocenters. The summed E-state index contributed by atoms with van der Waals surface area (Å²) in [5, 5.41) is 34.7. The van der Waals surface area contributed by atoms with E-state index >= 15 is 0 Å². The number of amides is 4. The molecule has 0 saturated heterocycles. The van der Waals surface area contributed by atoms with Gasteiger partial charge in [-0.1, -0.05) is 139 Å². The summed E-state index contributed by atoms with van der Waals surface area (Å²) in [6.45, 7) is 5.94. The summed E-state index contributed by atoms with van der Waals surface area (Å²) in [5.74, 6) is -4.74. The first-order chi connectivity index (χ1) is 33.7. The third-order valence-corrected chi connectivity index (χ3v) is 12.1. The van der Waals surface area contributed by atoms with E-state index in [-0.39, 0.29) is 78.3 Å². The Balaban J connectivity index is 0.0000110. The van der Waals surface area contributed by atoms with Crippen molar-refractivity contribution >= 4 is 47.7 Å². The maximum absolute atomic E-state index is 14.9. The SMILES string of the molecule is CCCCCCCCCCCC(=O)N[C@@H](C(=O)O)[C@@H]1NC(=O)[C@H](Cc2ccccc2)NC(=O)[C@H](NC(=O)[C@H](N)CC(C)C)Cc2ccc(c([N+](=O)[O-])c2)Oc2cc1cc(OCc1ccccc1)c2OC.Cl. The van der Waals surface area contributed by atoms with E-state index < -0.39 is 70.4 Å². The predicted molar refractivity (Wildman–Crippen MR) is 272 cm³/mol. The highest BCUT2D eigenvalue weighted by Gasteiger charge is 2.37. The maximum Gasteiger partial charge on any atom is 0.328 e. The molecule has 18 heteroatoms. The van der Waals surface area contributed by atoms with Gasteiger partial charge in [0.15, 0.2) is 17.5 Å². The third-order valence-electron chi connectivity index (χ3n) is 12.1. The second-order valence-corrected chi connectivity index (χ2v) is 18.2. The number of carboxylic acids is 1. The fourth-order valence-electron chi connectivity index (χ4n) is 8.35. The van der Waals surface area contributed by atoms with Gasteiger partial charge in [-0.2, -0.15) is 0 Å². The molecular formula is C53H69ClN6O11. The number of unbranched alkanes of at least 4 members (excludes halogenated alkanes) is 8. The molecule has 5 atom stereocenters. The molecule has 0 radical (unpaired) electrons. The lowest BCUT2D eigenvalue weighted by Crippen LogP contribution is -2.58. The molecule has 0 aliphatic carbocycles. The average Bonchev–Trinajstić information content (AvgIpc) is 3.33. The molecule has 0 aromatic heterocycles. The molecule has 2 heterocycles. The van der Waals surface area contributed by atoms with Crippen LogP contribution in [0.2, 0.25) is 0 Å². The molecule has 0 saturated carbocycles. The lowest BCUT2D eigenvalue weighted by Gasteiger charge is -2.30. The molecule has 0 spiro atoms. The number of methoxy groups -OCH3 is 1. The first-order valence-corrected chi connectivity index (χ1v) is 24.2. The number of benzene rings is 4. The zero-order valence-corrected chi connectivity index (χ0v) is 41.8. The van der Waals surface area contributed by atoms with E-state index in [1.165, 1.54) is 50.3 Å². The van der Waals surface area contributed by atoms with Gasteiger partial charge in [0.1, 0.15) is 18.7 Å². The zero-order valence-electron chi connectivity index (χ0n) is 41.0. The Morgan fingerprint density at radius 2 is 1.49 bits per heavy atom. The Labute approximate surface area is 421 Å². The number of rotatable bonds is 24. The van der Waals surface area contributed by atoms with Crippen LogP contribution in [0.1, 0.15) is 120 Å². The van der Waals surface area contributed by atoms with E-state index in [9.17, 15) is 39.2 Å². The number of carbonyl (C=O) groups excluding carboxylic acids is 4. The van der Waals surface area contributed by atoms with Crippen molar-refractivity contribution in [1.82, 2.24) is 21.3 Å². The number of nitrogens with one attached hydrogen (secondary N) is 4. The number of fused-ring (bicyclic) bond motifs is 9. The van der Waals surface area contributed by atoms with Crippen molar-refractivity contribution in [2.24, 2.45) is 11.7 Å². The van der Waals surface area contributed by atoms with Crippen molar-refractivity contribution in [2.45, 2.75) is 141 Å². The van der Waals surface area contributed by atoms with Gasteiger partial charge in [0.25, 0.3) is 0 Å². The van der Waals surface area contributed by atoms with Gasteiger partial charge in [-0.25, -0.2) is 4.79 Å². The van der Waals surface area contributed by atoms with E-state index in [1.807, 2.05) is 44.2 Å². The molecule has 4 aromatic carbocycles. The maximum atomic E-state index is 14.9. The summed E-state index contributed by atoms with van der Waals surface area (Å²) < 4.78 is 18.4. The fraction of sp³-hybridized carbons (Fsp3) is 0.453. The number of nitro benzene ring substituents is 1. The standard InChI is InChI=1S/C53H68N6O11.ClH/c1-5-6-7-8-9-10-11-12-19-24-46(60)57-48(53(64)65)47-38-31-44(69-33-36-22-17-14-18-23-36)49(68-4)45(32-38)70-43-26-25-37(30-42(43)59(66)67)29-41(55-50(61)39(54)27-34(2)3)51(62)56-40(52(63)58-47)28-35-20-15-13-16-21-35;/h13-18,20-23,25-26,30-32,34,39-41,47-48H,5-12,19,24,27-29,33,54H2,1-4H3,(H,55,61)(H,56,62)(H,57,60)(H,58,63)(H,64,65);1H/t39-,40+,41-,47-,48-;/m1./s1. The van der Waals surface area contributed by atoms with Crippen LogP contribution in [0.3, 0.4) is 0 Å². The number of ether oxygens (including phenoxy) is 3. The number of carboxylic acid groups (broad SMARTS) is 1. The first kappa shape index (κ1) is 56.9. The highest BCUT2D eigenvalue weighted by Crippen LogP contribution is 2.45. The molecule has 17 nitrogen and oxygen atoms in total. The van der Waals surface area contributed by atoms with Gasteiger partial charge in [-0.05, 0) is 59.2 Å². The molecule has 7 N–H and O–H groups in total. The fourth-order valence-corrected chi connectivity index (χ4v) is 8.35. The quantitative estimate of drug-likeness (QED) is 0.0221. The number of carbonyl (C=O) groups is 5. The van der Waals surface area contributed by atoms with Crippen LogP contribution in [0.25, 0.3) is 0 Å². The Morgan fingerprint density at radius 1 is 0.859 bits per heavy atom. The van der Waals surface area contributed by atoms with Crippen LogP contribution in [0.15, 0.2) is 91.0 Å². The molecular weight excluding hydrogens is 932 g/mol. The largest absolute Gasteiger partial charge is 0.490 e. The van der Waals surface area contributed by atoms with Crippen LogP contribution >= 0.6 is 12.4 Å². The summed E-state index contributed by atoms with van der Waals surface area (Å²) in [4.78, 5) is 82.2. The molecule has 384 valence electrons. The average molecular weight is 1000 g/mol. The molecule has 4 bridgehead atoms. The summed E-state index contributed by atoms with van der Waals surface area (Å²) >= 11 is 0. The van der Waals surface area contributed by atoms with Gasteiger partial charge in [-0.3, -0.25) is 29.3 Å². The number of hydrogen-bond acceptors (Lipinski definition) is 11. The van der Waals surface area contributed by atoms with Crippen LogP contribution in [0.4, 0.5) is 5.69 Å². The van der Waals surface area contributed by atoms with Crippen LogP contribution in [0.5, 0.6) is 23.0 Å². The monoisotopic (exact) mass is 1000 g/mol. The summed E-state index contributed by atoms with van der Waals surface area (Å²) in [7, 11) is 1.34. The van der Waals surface area contributed by atoms with E-state index in [0.717, 1.165) is 44.1 Å². The summed E-state index contributed by atoms with van der Waals surface area (Å²) in [5.41, 5.74) is 7.43. The highest BCUT2D eigenvalue weighted by atomic mass is 35.5. The number of nitro groups is 1. The molecule has 6 rings (SSSR count). The van der Waals surface area contributed by atoms with Gasteiger partial charge in [-0.15, -0.1) is 12.4 Å². The second-order valence-electron chi connectivity index (χ2n) is 18.2. The van der Waals surface area contributed by atoms with Crippen LogP contribution < -0.4 is 41.2 Å². The minimum Gasteiger partial charge on any atom is -0.490 e. The van der Waals surface area contributed by atoms with Gasteiger partial charge in [0, 0.05) is 25.3 Å². The normalized spacial score (nSPS) is 16.6. The molecule has 4 amide bonds.